The van der Waals surface area contributed by atoms with E-state index < -0.39 is 9.84 Å². The van der Waals surface area contributed by atoms with Gasteiger partial charge in [0, 0.05) is 22.8 Å². The molecule has 1 N–H and O–H groups in total. The second-order valence-corrected chi connectivity index (χ2v) is 7.21. The van der Waals surface area contributed by atoms with Gasteiger partial charge in [0.1, 0.15) is 0 Å². The van der Waals surface area contributed by atoms with E-state index in [9.17, 15) is 13.2 Å². The zero-order valence-corrected chi connectivity index (χ0v) is 13.0. The van der Waals surface area contributed by atoms with Crippen LogP contribution in [0.5, 0.6) is 0 Å². The zero-order valence-electron chi connectivity index (χ0n) is 10.6. The normalized spacial score (nSPS) is 11.7. The Balaban J connectivity index is 2.46. The molecular weight excluding hydrogens is 330 g/mol. The topological polar surface area (TPSA) is 63.2 Å². The summed E-state index contributed by atoms with van der Waals surface area (Å²) >= 11 is 3.37. The van der Waals surface area contributed by atoms with Gasteiger partial charge in [-0.15, -0.1) is 0 Å². The summed E-state index contributed by atoms with van der Waals surface area (Å²) in [6.07, 6.45) is 3.06. The predicted octanol–water partition coefficient (Wildman–Crippen LogP) is 2.01. The Labute approximate surface area is 122 Å². The monoisotopic (exact) mass is 345 g/mol. The first kappa shape index (κ1) is 15.9. The lowest BCUT2D eigenvalue weighted by atomic mass is 10.2. The van der Waals surface area contributed by atoms with E-state index in [1.165, 1.54) is 6.08 Å². The summed E-state index contributed by atoms with van der Waals surface area (Å²) in [5.74, 6) is -0.240. The van der Waals surface area contributed by atoms with Gasteiger partial charge < -0.3 is 5.32 Å². The van der Waals surface area contributed by atoms with Crippen LogP contribution in [0.25, 0.3) is 6.08 Å². The molecule has 6 heteroatoms. The van der Waals surface area contributed by atoms with Crippen molar-refractivity contribution < 1.29 is 13.2 Å². The first-order chi connectivity index (χ1) is 8.94. The molecule has 0 fully saturated rings. The van der Waals surface area contributed by atoms with Crippen LogP contribution in [-0.2, 0) is 14.6 Å². The predicted molar refractivity (Wildman–Crippen MR) is 80.5 cm³/mol. The third-order valence-electron chi connectivity index (χ3n) is 2.47. The average molecular weight is 346 g/mol. The molecule has 0 unspecified atom stereocenters. The Hall–Kier alpha value is -1.14. The molecule has 0 aliphatic carbocycles. The molecule has 1 rings (SSSR count). The number of rotatable bonds is 6. The molecular formula is C13H16BrNO3S. The van der Waals surface area contributed by atoms with E-state index >= 15 is 0 Å². The molecule has 0 aliphatic rings. The summed E-state index contributed by atoms with van der Waals surface area (Å²) in [7, 11) is -3.04. The Kier molecular flexibility index (Phi) is 6.24. The van der Waals surface area contributed by atoms with Gasteiger partial charge in [-0.05, 0) is 17.7 Å². The highest BCUT2D eigenvalue weighted by Gasteiger charge is 2.07. The number of halogens is 1. The van der Waals surface area contributed by atoms with Crippen molar-refractivity contribution in [2.75, 3.05) is 18.1 Å². The van der Waals surface area contributed by atoms with Crippen LogP contribution in [0.15, 0.2) is 34.8 Å². The summed E-state index contributed by atoms with van der Waals surface area (Å²) in [5.41, 5.74) is 0.888. The lowest BCUT2D eigenvalue weighted by molar-refractivity contribution is -0.116. The second kappa shape index (κ2) is 7.45. The molecule has 1 aromatic carbocycles. The van der Waals surface area contributed by atoms with E-state index in [2.05, 4.69) is 21.2 Å². The Bertz CT molecular complexity index is 567. The van der Waals surface area contributed by atoms with Gasteiger partial charge in [-0.25, -0.2) is 8.42 Å². The van der Waals surface area contributed by atoms with Crippen LogP contribution in [-0.4, -0.2) is 32.4 Å². The van der Waals surface area contributed by atoms with Gasteiger partial charge in [-0.2, -0.15) is 0 Å². The fraction of sp³-hybridized carbons (Fsp3) is 0.308. The molecule has 4 nitrogen and oxygen atoms in total. The highest BCUT2D eigenvalue weighted by Crippen LogP contribution is 2.16. The SMILES string of the molecule is CCS(=O)(=O)CCNC(=O)C=Cc1ccccc1Br. The minimum Gasteiger partial charge on any atom is -0.352 e. The van der Waals surface area contributed by atoms with E-state index in [1.807, 2.05) is 24.3 Å². The fourth-order valence-electron chi connectivity index (χ4n) is 1.31. The quantitative estimate of drug-likeness (QED) is 0.802. The summed E-state index contributed by atoms with van der Waals surface area (Å²) in [6.45, 7) is 1.72. The van der Waals surface area contributed by atoms with Crippen molar-refractivity contribution in [3.8, 4) is 0 Å². The minimum absolute atomic E-state index is 0.0297. The van der Waals surface area contributed by atoms with Crippen LogP contribution in [0, 0.1) is 0 Å². The summed E-state index contributed by atoms with van der Waals surface area (Å²) < 4.78 is 23.4. The van der Waals surface area contributed by atoms with Crippen LogP contribution in [0.4, 0.5) is 0 Å². The smallest absolute Gasteiger partial charge is 0.244 e. The second-order valence-electron chi connectivity index (χ2n) is 3.88. The molecule has 0 saturated heterocycles. The van der Waals surface area contributed by atoms with Crippen molar-refractivity contribution in [1.29, 1.82) is 0 Å². The lowest BCUT2D eigenvalue weighted by Gasteiger charge is -2.02. The van der Waals surface area contributed by atoms with Crippen molar-refractivity contribution in [1.82, 2.24) is 5.32 Å². The molecule has 0 atom stereocenters. The van der Waals surface area contributed by atoms with E-state index in [-0.39, 0.29) is 24.0 Å². The number of nitrogens with one attached hydrogen (secondary N) is 1. The van der Waals surface area contributed by atoms with Crippen molar-refractivity contribution >= 4 is 37.8 Å². The zero-order chi connectivity index (χ0) is 14.3. The molecule has 19 heavy (non-hydrogen) atoms. The van der Waals surface area contributed by atoms with E-state index in [1.54, 1.807) is 13.0 Å². The summed E-state index contributed by atoms with van der Waals surface area (Å²) in [5, 5.41) is 2.54. The molecule has 0 bridgehead atoms. The Morgan fingerprint density at radius 2 is 2.05 bits per heavy atom. The molecule has 1 amide bonds. The van der Waals surface area contributed by atoms with Gasteiger partial charge in [-0.3, -0.25) is 4.79 Å². The van der Waals surface area contributed by atoms with Crippen LogP contribution < -0.4 is 5.32 Å². The van der Waals surface area contributed by atoms with Gasteiger partial charge in [0.15, 0.2) is 9.84 Å². The molecule has 0 aromatic heterocycles. The van der Waals surface area contributed by atoms with Crippen molar-refractivity contribution in [2.24, 2.45) is 0 Å². The van der Waals surface area contributed by atoms with Crippen LogP contribution in [0.1, 0.15) is 12.5 Å². The molecule has 0 spiro atoms. The third-order valence-corrected chi connectivity index (χ3v) is 4.90. The molecule has 1 aromatic rings. The Morgan fingerprint density at radius 3 is 2.68 bits per heavy atom. The van der Waals surface area contributed by atoms with E-state index in [0.717, 1.165) is 10.0 Å². The van der Waals surface area contributed by atoms with Gasteiger partial charge >= 0.3 is 0 Å². The maximum atomic E-state index is 11.5. The number of benzene rings is 1. The van der Waals surface area contributed by atoms with Crippen LogP contribution in [0.3, 0.4) is 0 Å². The van der Waals surface area contributed by atoms with Gasteiger partial charge in [0.25, 0.3) is 0 Å². The van der Waals surface area contributed by atoms with Crippen LogP contribution in [0.2, 0.25) is 0 Å². The first-order valence-electron chi connectivity index (χ1n) is 5.85. The van der Waals surface area contributed by atoms with E-state index in [4.69, 9.17) is 0 Å². The van der Waals surface area contributed by atoms with Crippen molar-refractivity contribution in [2.45, 2.75) is 6.92 Å². The van der Waals surface area contributed by atoms with Crippen LogP contribution >= 0.6 is 15.9 Å². The number of carbonyl (C=O) groups is 1. The number of carbonyl (C=O) groups excluding carboxylic acids is 1. The standard InChI is InChI=1S/C13H16BrNO3S/c1-2-19(17,18)10-9-15-13(16)8-7-11-5-3-4-6-12(11)14/h3-8H,2,9-10H2,1H3,(H,15,16). The Morgan fingerprint density at radius 1 is 1.37 bits per heavy atom. The number of hydrogen-bond donors (Lipinski definition) is 1. The van der Waals surface area contributed by atoms with Crippen molar-refractivity contribution in [3.05, 3.63) is 40.4 Å². The maximum absolute atomic E-state index is 11.5. The molecule has 0 aliphatic heterocycles. The third kappa shape index (κ3) is 6.02. The maximum Gasteiger partial charge on any atom is 0.244 e. The fourth-order valence-corrected chi connectivity index (χ4v) is 2.43. The van der Waals surface area contributed by atoms with Gasteiger partial charge in [0.05, 0.1) is 5.75 Å². The minimum atomic E-state index is -3.04. The molecule has 0 heterocycles. The first-order valence-corrected chi connectivity index (χ1v) is 8.47. The summed E-state index contributed by atoms with van der Waals surface area (Å²) in [6, 6.07) is 7.51. The van der Waals surface area contributed by atoms with E-state index in [0.29, 0.717) is 0 Å². The number of hydrogen-bond acceptors (Lipinski definition) is 3. The highest BCUT2D eigenvalue weighted by molar-refractivity contribution is 9.10. The van der Waals surface area contributed by atoms with Crippen molar-refractivity contribution in [3.63, 3.8) is 0 Å². The lowest BCUT2D eigenvalue weighted by Crippen LogP contribution is -2.28. The largest absolute Gasteiger partial charge is 0.352 e. The average Bonchev–Trinajstić information content (AvgIpc) is 2.37. The van der Waals surface area contributed by atoms with Gasteiger partial charge in [0.2, 0.25) is 5.91 Å². The highest BCUT2D eigenvalue weighted by atomic mass is 79.9. The van der Waals surface area contributed by atoms with Gasteiger partial charge in [-0.1, -0.05) is 41.1 Å². The number of sulfone groups is 1. The summed E-state index contributed by atoms with van der Waals surface area (Å²) in [4.78, 5) is 11.5. The molecule has 104 valence electrons. The molecule has 0 radical (unpaired) electrons. The molecule has 0 saturated carbocycles. The number of amides is 1.